The minimum absolute atomic E-state index is 0.303. The fourth-order valence-electron chi connectivity index (χ4n) is 2.87. The average Bonchev–Trinajstić information content (AvgIpc) is 3.30. The summed E-state index contributed by atoms with van der Waals surface area (Å²) < 4.78 is 7.60. The second-order valence-electron chi connectivity index (χ2n) is 6.24. The number of guanidine groups is 1. The molecule has 1 atom stereocenters. The van der Waals surface area contributed by atoms with Crippen molar-refractivity contribution < 1.29 is 4.74 Å². The van der Waals surface area contributed by atoms with Crippen LogP contribution in [0.15, 0.2) is 47.7 Å². The summed E-state index contributed by atoms with van der Waals surface area (Å²) in [5, 5.41) is 11.1. The van der Waals surface area contributed by atoms with Crippen LogP contribution in [0.25, 0.3) is 0 Å². The van der Waals surface area contributed by atoms with Crippen molar-refractivity contribution in [2.75, 3.05) is 19.7 Å². The molecule has 2 aromatic rings. The molecule has 0 saturated carbocycles. The molecule has 1 aliphatic rings. The average molecular weight is 341 g/mol. The van der Waals surface area contributed by atoms with E-state index in [0.29, 0.717) is 12.6 Å². The summed E-state index contributed by atoms with van der Waals surface area (Å²) in [5.74, 6) is 0.828. The summed E-state index contributed by atoms with van der Waals surface area (Å²) in [6.07, 6.45) is 6.52. The Balaban J connectivity index is 1.53. The zero-order valence-corrected chi connectivity index (χ0v) is 14.8. The van der Waals surface area contributed by atoms with E-state index in [1.165, 1.54) is 5.56 Å². The Labute approximate surface area is 149 Å². The summed E-state index contributed by atoms with van der Waals surface area (Å²) in [7, 11) is 0. The van der Waals surface area contributed by atoms with E-state index in [1.807, 2.05) is 29.1 Å². The lowest BCUT2D eigenvalue weighted by Gasteiger charge is -2.14. The van der Waals surface area contributed by atoms with Gasteiger partial charge in [0, 0.05) is 31.5 Å². The highest BCUT2D eigenvalue weighted by Crippen LogP contribution is 2.10. The first-order chi connectivity index (χ1) is 12.3. The monoisotopic (exact) mass is 341 g/mol. The Bertz CT molecular complexity index is 661. The fourth-order valence-corrected chi connectivity index (χ4v) is 2.87. The zero-order valence-electron chi connectivity index (χ0n) is 14.8. The van der Waals surface area contributed by atoms with Crippen LogP contribution in [0.2, 0.25) is 0 Å². The van der Waals surface area contributed by atoms with Gasteiger partial charge < -0.3 is 15.4 Å². The van der Waals surface area contributed by atoms with Crippen LogP contribution in [0.4, 0.5) is 0 Å². The molecule has 1 aromatic heterocycles. The number of nitrogens with one attached hydrogen (secondary N) is 2. The van der Waals surface area contributed by atoms with Gasteiger partial charge in [-0.3, -0.25) is 4.68 Å². The standard InChI is InChI=1S/C19H27N5O/c1-2-20-19(22-13-18-9-6-10-25-18)21-11-17-12-23-24(15-17)14-16-7-4-3-5-8-16/h3-5,7-8,12,15,18H,2,6,9-11,13-14H2,1H3,(H2,20,21,22). The molecular weight excluding hydrogens is 314 g/mol. The Morgan fingerprint density at radius 2 is 2.16 bits per heavy atom. The molecule has 0 radical (unpaired) electrons. The van der Waals surface area contributed by atoms with E-state index in [4.69, 9.17) is 4.74 Å². The molecule has 25 heavy (non-hydrogen) atoms. The largest absolute Gasteiger partial charge is 0.376 e. The van der Waals surface area contributed by atoms with Crippen molar-refractivity contribution in [1.29, 1.82) is 0 Å². The van der Waals surface area contributed by atoms with Crippen LogP contribution >= 0.6 is 0 Å². The van der Waals surface area contributed by atoms with Gasteiger partial charge in [-0.2, -0.15) is 5.10 Å². The van der Waals surface area contributed by atoms with Crippen molar-refractivity contribution in [2.24, 2.45) is 4.99 Å². The first kappa shape index (κ1) is 17.5. The van der Waals surface area contributed by atoms with Gasteiger partial charge in [-0.25, -0.2) is 4.99 Å². The van der Waals surface area contributed by atoms with Gasteiger partial charge in [0.25, 0.3) is 0 Å². The van der Waals surface area contributed by atoms with Crippen LogP contribution < -0.4 is 10.6 Å². The topological polar surface area (TPSA) is 63.5 Å². The third-order valence-corrected chi connectivity index (χ3v) is 4.16. The van der Waals surface area contributed by atoms with Crippen LogP contribution in [0.1, 0.15) is 30.9 Å². The fraction of sp³-hybridized carbons (Fsp3) is 0.474. The molecule has 0 amide bonds. The lowest BCUT2D eigenvalue weighted by molar-refractivity contribution is 0.114. The minimum atomic E-state index is 0.303. The maximum Gasteiger partial charge on any atom is 0.191 e. The predicted molar refractivity (Wildman–Crippen MR) is 99.6 cm³/mol. The van der Waals surface area contributed by atoms with Crippen LogP contribution in [0.3, 0.4) is 0 Å². The number of aliphatic imine (C=N–C) groups is 1. The molecule has 2 heterocycles. The molecule has 1 saturated heterocycles. The van der Waals surface area contributed by atoms with Crippen molar-refractivity contribution in [1.82, 2.24) is 20.4 Å². The first-order valence-corrected chi connectivity index (χ1v) is 9.02. The molecule has 1 fully saturated rings. The molecule has 1 aliphatic heterocycles. The van der Waals surface area contributed by atoms with Crippen LogP contribution in [0.5, 0.6) is 0 Å². The summed E-state index contributed by atoms with van der Waals surface area (Å²) in [4.78, 5) is 4.65. The Hall–Kier alpha value is -2.34. The van der Waals surface area contributed by atoms with Crippen LogP contribution in [-0.4, -0.2) is 41.5 Å². The van der Waals surface area contributed by atoms with E-state index >= 15 is 0 Å². The van der Waals surface area contributed by atoms with Crippen molar-refractivity contribution in [2.45, 2.75) is 39.0 Å². The number of benzene rings is 1. The highest BCUT2D eigenvalue weighted by Gasteiger charge is 2.15. The normalized spacial score (nSPS) is 17.6. The molecule has 1 aromatic carbocycles. The third kappa shape index (κ3) is 5.60. The third-order valence-electron chi connectivity index (χ3n) is 4.16. The van der Waals surface area contributed by atoms with E-state index in [1.54, 1.807) is 0 Å². The number of hydrogen-bond acceptors (Lipinski definition) is 3. The van der Waals surface area contributed by atoms with E-state index in [9.17, 15) is 0 Å². The predicted octanol–water partition coefficient (Wildman–Crippen LogP) is 2.17. The second kappa shape index (κ2) is 9.22. The molecule has 134 valence electrons. The second-order valence-corrected chi connectivity index (χ2v) is 6.24. The summed E-state index contributed by atoms with van der Waals surface area (Å²) >= 11 is 0. The minimum Gasteiger partial charge on any atom is -0.376 e. The maximum atomic E-state index is 5.65. The van der Waals surface area contributed by atoms with Crippen LogP contribution in [-0.2, 0) is 17.8 Å². The first-order valence-electron chi connectivity index (χ1n) is 9.02. The van der Waals surface area contributed by atoms with Crippen molar-refractivity contribution in [3.8, 4) is 0 Å². The van der Waals surface area contributed by atoms with E-state index in [0.717, 1.165) is 50.6 Å². The number of nitrogens with zero attached hydrogens (tertiary/aromatic N) is 3. The van der Waals surface area contributed by atoms with E-state index in [-0.39, 0.29) is 0 Å². The van der Waals surface area contributed by atoms with E-state index in [2.05, 4.69) is 46.0 Å². The maximum absolute atomic E-state index is 5.65. The molecule has 6 nitrogen and oxygen atoms in total. The molecular formula is C19H27N5O. The van der Waals surface area contributed by atoms with Crippen molar-refractivity contribution >= 4 is 5.96 Å². The SMILES string of the molecule is CCNC(=NCc1cnn(Cc2ccccc2)c1)NCC1CCCO1. The van der Waals surface area contributed by atoms with Gasteiger partial charge in [-0.15, -0.1) is 0 Å². The molecule has 0 spiro atoms. The highest BCUT2D eigenvalue weighted by atomic mass is 16.5. The molecule has 0 aliphatic carbocycles. The van der Waals surface area contributed by atoms with Crippen LogP contribution in [0, 0.1) is 0 Å². The van der Waals surface area contributed by atoms with E-state index < -0.39 is 0 Å². The number of ether oxygens (including phenoxy) is 1. The number of aromatic nitrogens is 2. The molecule has 3 rings (SSSR count). The lowest BCUT2D eigenvalue weighted by atomic mass is 10.2. The Morgan fingerprint density at radius 3 is 2.92 bits per heavy atom. The van der Waals surface area contributed by atoms with Gasteiger partial charge in [0.15, 0.2) is 5.96 Å². The summed E-state index contributed by atoms with van der Waals surface area (Å²) in [6.45, 7) is 5.98. The molecule has 2 N–H and O–H groups in total. The Kier molecular flexibility index (Phi) is 6.45. The zero-order chi connectivity index (χ0) is 17.3. The highest BCUT2D eigenvalue weighted by molar-refractivity contribution is 5.79. The Morgan fingerprint density at radius 1 is 1.28 bits per heavy atom. The van der Waals surface area contributed by atoms with Gasteiger partial charge in [0.05, 0.1) is 25.4 Å². The van der Waals surface area contributed by atoms with Crippen molar-refractivity contribution in [3.05, 3.63) is 53.9 Å². The van der Waals surface area contributed by atoms with Crippen molar-refractivity contribution in [3.63, 3.8) is 0 Å². The van der Waals surface area contributed by atoms with Gasteiger partial charge in [0.2, 0.25) is 0 Å². The summed E-state index contributed by atoms with van der Waals surface area (Å²) in [5.41, 5.74) is 2.34. The van der Waals surface area contributed by atoms with Gasteiger partial charge in [0.1, 0.15) is 0 Å². The smallest absolute Gasteiger partial charge is 0.191 e. The number of rotatable bonds is 7. The summed E-state index contributed by atoms with van der Waals surface area (Å²) in [6, 6.07) is 10.3. The quantitative estimate of drug-likeness (QED) is 0.598. The van der Waals surface area contributed by atoms with Gasteiger partial charge >= 0.3 is 0 Å². The molecule has 1 unspecified atom stereocenters. The number of hydrogen-bond donors (Lipinski definition) is 2. The van der Waals surface area contributed by atoms with Gasteiger partial charge in [-0.05, 0) is 25.3 Å². The van der Waals surface area contributed by atoms with Gasteiger partial charge in [-0.1, -0.05) is 30.3 Å². The molecule has 6 heteroatoms. The molecule has 0 bridgehead atoms. The lowest BCUT2D eigenvalue weighted by Crippen LogP contribution is -2.41.